The second kappa shape index (κ2) is 7.69. The molecule has 2 aromatic rings. The molecule has 0 aliphatic carbocycles. The van der Waals surface area contributed by atoms with Crippen LogP contribution in [0.2, 0.25) is 0 Å². The van der Waals surface area contributed by atoms with Gasteiger partial charge in [-0.3, -0.25) is 4.79 Å². The molecule has 1 heterocycles. The van der Waals surface area contributed by atoms with Crippen molar-refractivity contribution in [3.05, 3.63) is 66.1 Å². The number of benzene rings is 1. The molecule has 2 rings (SSSR count). The number of aromatic nitrogens is 1. The Morgan fingerprint density at radius 1 is 1.17 bits per heavy atom. The lowest BCUT2D eigenvalue weighted by Gasteiger charge is -2.07. The van der Waals surface area contributed by atoms with Crippen LogP contribution in [0.3, 0.4) is 0 Å². The lowest BCUT2D eigenvalue weighted by Crippen LogP contribution is -2.09. The Morgan fingerprint density at radius 3 is 2.61 bits per heavy atom. The average Bonchev–Trinajstić information content (AvgIpc) is 2.53. The van der Waals surface area contributed by atoms with Gasteiger partial charge >= 0.3 is 5.97 Å². The van der Waals surface area contributed by atoms with Gasteiger partial charge in [0.1, 0.15) is 11.6 Å². The molecule has 0 aliphatic heterocycles. The quantitative estimate of drug-likeness (QED) is 0.712. The monoisotopic (exact) mass is 315 g/mol. The van der Waals surface area contributed by atoms with Crippen molar-refractivity contribution >= 4 is 23.4 Å². The highest BCUT2D eigenvalue weighted by Crippen LogP contribution is 2.12. The molecule has 0 fully saturated rings. The summed E-state index contributed by atoms with van der Waals surface area (Å²) in [5, 5.41) is 13.9. The van der Waals surface area contributed by atoms with Crippen molar-refractivity contribution < 1.29 is 19.1 Å². The van der Waals surface area contributed by atoms with Crippen molar-refractivity contribution in [2.24, 2.45) is 0 Å². The van der Waals surface area contributed by atoms with Crippen molar-refractivity contribution in [3.8, 4) is 0 Å². The van der Waals surface area contributed by atoms with E-state index in [9.17, 15) is 14.0 Å². The van der Waals surface area contributed by atoms with E-state index in [0.717, 1.165) is 12.2 Å². The molecule has 0 saturated heterocycles. The van der Waals surface area contributed by atoms with Gasteiger partial charge < -0.3 is 15.7 Å². The number of anilines is 2. The Bertz CT molecular complexity index is 730. The van der Waals surface area contributed by atoms with Gasteiger partial charge in [0.15, 0.2) is 0 Å². The zero-order chi connectivity index (χ0) is 16.7. The number of carboxylic acid groups (broad SMARTS) is 1. The van der Waals surface area contributed by atoms with Crippen LogP contribution in [0.4, 0.5) is 15.9 Å². The Hall–Kier alpha value is -3.22. The summed E-state index contributed by atoms with van der Waals surface area (Å²) in [5.41, 5.74) is 0.937. The second-order valence-corrected chi connectivity index (χ2v) is 4.54. The van der Waals surface area contributed by atoms with E-state index >= 15 is 0 Å². The smallest absolute Gasteiger partial charge is 0.328 e. The zero-order valence-corrected chi connectivity index (χ0v) is 12.0. The molecule has 23 heavy (non-hydrogen) atoms. The minimum atomic E-state index is -1.20. The van der Waals surface area contributed by atoms with Crippen LogP contribution in [-0.2, 0) is 16.1 Å². The number of hydrogen-bond acceptors (Lipinski definition) is 4. The molecule has 1 amide bonds. The number of amides is 1. The van der Waals surface area contributed by atoms with Crippen molar-refractivity contribution in [1.82, 2.24) is 4.98 Å². The summed E-state index contributed by atoms with van der Waals surface area (Å²) in [6.45, 7) is 0.284. The molecule has 0 atom stereocenters. The van der Waals surface area contributed by atoms with Gasteiger partial charge in [0.05, 0.1) is 11.9 Å². The van der Waals surface area contributed by atoms with E-state index in [-0.39, 0.29) is 12.4 Å². The third-order valence-corrected chi connectivity index (χ3v) is 2.83. The summed E-state index contributed by atoms with van der Waals surface area (Å²) in [6, 6.07) is 9.64. The number of nitrogens with one attached hydrogen (secondary N) is 2. The van der Waals surface area contributed by atoms with Crippen LogP contribution < -0.4 is 10.6 Å². The first-order valence-corrected chi connectivity index (χ1v) is 6.70. The number of pyridine rings is 1. The number of carbonyl (C=O) groups excluding carboxylic acids is 1. The van der Waals surface area contributed by atoms with Crippen molar-refractivity contribution in [2.45, 2.75) is 6.54 Å². The molecular formula is C16H14FN3O3. The largest absolute Gasteiger partial charge is 0.478 e. The molecule has 0 aliphatic rings. The summed E-state index contributed by atoms with van der Waals surface area (Å²) in [7, 11) is 0. The van der Waals surface area contributed by atoms with Gasteiger partial charge in [-0.15, -0.1) is 0 Å². The summed E-state index contributed by atoms with van der Waals surface area (Å²) in [4.78, 5) is 25.8. The first kappa shape index (κ1) is 16.2. The number of halogens is 1. The van der Waals surface area contributed by atoms with Crippen LogP contribution in [0.5, 0.6) is 0 Å². The summed E-state index contributed by atoms with van der Waals surface area (Å²) in [5.74, 6) is -1.55. The number of nitrogens with zero attached hydrogens (tertiary/aromatic N) is 1. The van der Waals surface area contributed by atoms with Gasteiger partial charge in [-0.05, 0) is 18.2 Å². The number of rotatable bonds is 6. The predicted octanol–water partition coefficient (Wildman–Crippen LogP) is 2.41. The van der Waals surface area contributed by atoms with Gasteiger partial charge in [-0.2, -0.15) is 0 Å². The van der Waals surface area contributed by atoms with Crippen LogP contribution in [0.1, 0.15) is 5.56 Å². The van der Waals surface area contributed by atoms with E-state index in [0.29, 0.717) is 17.1 Å². The van der Waals surface area contributed by atoms with Gasteiger partial charge in [0.2, 0.25) is 5.91 Å². The third kappa shape index (κ3) is 5.24. The Labute approximate surface area is 131 Å². The van der Waals surface area contributed by atoms with Crippen molar-refractivity contribution in [3.63, 3.8) is 0 Å². The van der Waals surface area contributed by atoms with E-state index in [1.807, 2.05) is 0 Å². The van der Waals surface area contributed by atoms with Crippen molar-refractivity contribution in [1.29, 1.82) is 0 Å². The Morgan fingerprint density at radius 2 is 1.96 bits per heavy atom. The summed E-state index contributed by atoms with van der Waals surface area (Å²) < 4.78 is 13.5. The maximum absolute atomic E-state index is 13.5. The number of hydrogen-bond donors (Lipinski definition) is 3. The molecular weight excluding hydrogens is 301 g/mol. The molecule has 0 spiro atoms. The highest BCUT2D eigenvalue weighted by molar-refractivity contribution is 6.02. The lowest BCUT2D eigenvalue weighted by atomic mass is 10.2. The maximum Gasteiger partial charge on any atom is 0.328 e. The predicted molar refractivity (Wildman–Crippen MR) is 83.4 cm³/mol. The number of carbonyl (C=O) groups is 2. The first-order chi connectivity index (χ1) is 11.0. The molecule has 0 bridgehead atoms. The van der Waals surface area contributed by atoms with E-state index in [4.69, 9.17) is 5.11 Å². The van der Waals surface area contributed by atoms with Crippen molar-refractivity contribution in [2.75, 3.05) is 10.6 Å². The highest BCUT2D eigenvalue weighted by atomic mass is 19.1. The fraction of sp³-hybridized carbons (Fsp3) is 0.0625. The summed E-state index contributed by atoms with van der Waals surface area (Å²) in [6.07, 6.45) is 3.07. The molecule has 6 nitrogen and oxygen atoms in total. The molecule has 0 saturated carbocycles. The fourth-order valence-electron chi connectivity index (χ4n) is 1.73. The van der Waals surface area contributed by atoms with Crippen LogP contribution >= 0.6 is 0 Å². The Kier molecular flexibility index (Phi) is 5.40. The first-order valence-electron chi connectivity index (χ1n) is 6.70. The molecule has 1 aromatic heterocycles. The molecule has 3 N–H and O–H groups in total. The minimum absolute atomic E-state index is 0.284. The topological polar surface area (TPSA) is 91.3 Å². The standard InChI is InChI=1S/C16H14FN3O3/c17-13-4-2-1-3-11(13)9-18-14-6-5-12(10-19-14)20-15(21)7-8-16(22)23/h1-8,10H,9H2,(H,18,19)(H,20,21)(H,22,23)/b8-7+. The van der Waals surface area contributed by atoms with Gasteiger partial charge in [-0.1, -0.05) is 18.2 Å². The third-order valence-electron chi connectivity index (χ3n) is 2.83. The number of aliphatic carboxylic acids is 1. The van der Waals surface area contributed by atoms with Crippen LogP contribution in [0.25, 0.3) is 0 Å². The van der Waals surface area contributed by atoms with E-state index in [1.54, 1.807) is 30.3 Å². The number of carboxylic acids is 1. The molecule has 0 radical (unpaired) electrons. The van der Waals surface area contributed by atoms with Gasteiger partial charge in [0, 0.05) is 24.3 Å². The molecule has 0 unspecified atom stereocenters. The molecule has 1 aromatic carbocycles. The van der Waals surface area contributed by atoms with Crippen LogP contribution in [-0.4, -0.2) is 22.0 Å². The van der Waals surface area contributed by atoms with Gasteiger partial charge in [0.25, 0.3) is 0 Å². The van der Waals surface area contributed by atoms with E-state index < -0.39 is 11.9 Å². The molecule has 7 heteroatoms. The minimum Gasteiger partial charge on any atom is -0.478 e. The Balaban J connectivity index is 1.91. The zero-order valence-electron chi connectivity index (χ0n) is 12.0. The maximum atomic E-state index is 13.5. The fourth-order valence-corrected chi connectivity index (χ4v) is 1.73. The normalized spacial score (nSPS) is 10.5. The second-order valence-electron chi connectivity index (χ2n) is 4.54. The SMILES string of the molecule is O=C(O)/C=C/C(=O)Nc1ccc(NCc2ccccc2F)nc1. The highest BCUT2D eigenvalue weighted by Gasteiger charge is 2.02. The van der Waals surface area contributed by atoms with Crippen LogP contribution in [0.15, 0.2) is 54.7 Å². The average molecular weight is 315 g/mol. The summed E-state index contributed by atoms with van der Waals surface area (Å²) >= 11 is 0. The molecule has 118 valence electrons. The van der Waals surface area contributed by atoms with E-state index in [1.165, 1.54) is 12.3 Å². The lowest BCUT2D eigenvalue weighted by molar-refractivity contribution is -0.131. The van der Waals surface area contributed by atoms with E-state index in [2.05, 4.69) is 15.6 Å². The van der Waals surface area contributed by atoms with Crippen LogP contribution in [0, 0.1) is 5.82 Å². The van der Waals surface area contributed by atoms with Gasteiger partial charge in [-0.25, -0.2) is 14.2 Å².